The zero-order valence-corrected chi connectivity index (χ0v) is 23.4. The zero-order chi connectivity index (χ0) is 55.3. The van der Waals surface area contributed by atoms with E-state index in [4.69, 9.17) is 26.3 Å². The highest BCUT2D eigenvalue weighted by atomic mass is 16.3. The molecular formula is C46H28O. The van der Waals surface area contributed by atoms with Crippen LogP contribution in [-0.4, -0.2) is 0 Å². The second kappa shape index (κ2) is 10.2. The van der Waals surface area contributed by atoms with Gasteiger partial charge in [-0.1, -0.05) is 139 Å². The number of furan rings is 1. The summed E-state index contributed by atoms with van der Waals surface area (Å²) in [6.07, 6.45) is 0. The van der Waals surface area contributed by atoms with E-state index in [-0.39, 0.29) is 0 Å². The van der Waals surface area contributed by atoms with E-state index in [1.807, 2.05) is 0 Å². The van der Waals surface area contributed by atoms with Crippen LogP contribution in [0.1, 0.15) is 38.4 Å². The Kier molecular flexibility index (Phi) is 2.31. The van der Waals surface area contributed by atoms with Gasteiger partial charge in [-0.25, -0.2) is 0 Å². The lowest BCUT2D eigenvalue weighted by Gasteiger charge is -2.18. The molecule has 0 saturated heterocycles. The van der Waals surface area contributed by atoms with E-state index in [0.717, 1.165) is 0 Å². The lowest BCUT2D eigenvalue weighted by Crippen LogP contribution is -1.91. The lowest BCUT2D eigenvalue weighted by atomic mass is 9.85. The number of benzene rings is 9. The molecule has 0 aliphatic heterocycles. The van der Waals surface area contributed by atoms with Gasteiger partial charge in [-0.05, 0) is 107 Å². The minimum absolute atomic E-state index is 0.401. The van der Waals surface area contributed by atoms with E-state index in [1.54, 1.807) is 0 Å². The van der Waals surface area contributed by atoms with Crippen LogP contribution in [0.2, 0.25) is 0 Å². The van der Waals surface area contributed by atoms with Gasteiger partial charge in [-0.15, -0.1) is 0 Å². The minimum atomic E-state index is -1.06. The van der Waals surface area contributed by atoms with Crippen molar-refractivity contribution >= 4 is 65.0 Å². The van der Waals surface area contributed by atoms with Gasteiger partial charge in [0.15, 0.2) is 0 Å². The monoisotopic (exact) mass is 624 g/mol. The second-order valence-corrected chi connectivity index (χ2v) is 10.3. The fraction of sp³-hybridized carbons (Fsp3) is 0. The van der Waals surface area contributed by atoms with Crippen LogP contribution in [0.25, 0.3) is 98.4 Å². The molecule has 0 saturated carbocycles. The molecular weight excluding hydrogens is 569 g/mol. The topological polar surface area (TPSA) is 13.1 Å². The van der Waals surface area contributed by atoms with E-state index < -0.39 is 268 Å². The minimum Gasteiger partial charge on any atom is -0.456 e. The van der Waals surface area contributed by atoms with Crippen LogP contribution < -0.4 is 0 Å². The molecule has 1 aromatic heterocycles. The average Bonchev–Trinajstić information content (AvgIpc) is 3.78. The lowest BCUT2D eigenvalue weighted by molar-refractivity contribution is 0.669. The van der Waals surface area contributed by atoms with Crippen molar-refractivity contribution in [2.75, 3.05) is 0 Å². The highest BCUT2D eigenvalue weighted by molar-refractivity contribution is 6.24. The maximum atomic E-state index is 9.89. The third-order valence-corrected chi connectivity index (χ3v) is 7.70. The van der Waals surface area contributed by atoms with Gasteiger partial charge in [0.2, 0.25) is 0 Å². The van der Waals surface area contributed by atoms with Gasteiger partial charge in [0.25, 0.3) is 0 Å². The highest BCUT2D eigenvalue weighted by Gasteiger charge is 2.18. The molecule has 10 rings (SSSR count). The maximum absolute atomic E-state index is 9.89. The van der Waals surface area contributed by atoms with Crippen LogP contribution in [-0.2, 0) is 0 Å². The molecule has 0 aliphatic rings. The maximum Gasteiger partial charge on any atom is 0.136 e. The predicted octanol–water partition coefficient (Wildman–Crippen LogP) is 13.2. The SMILES string of the molecule is [2H]c1c([2H])c([2H])c(-c2c([2H])c([2H])c3c([2H])c(-c4c5c([2H])c([2H])c([2H])c([2H])c5c(-c5c([2H])c([2H])c6oc7c([2H])c([2H])c8c([2H])c([2H])c([2H])c([2H])c8c7c6c5[2H])c5c([2H])c([2H])c([2H])c([2H])c45)c([2H])c([2H])c3c2[2H])c([2H])c1[2H]. The summed E-state index contributed by atoms with van der Waals surface area (Å²) in [6, 6.07) is -25.5. The average molecular weight is 625 g/mol. The summed E-state index contributed by atoms with van der Waals surface area (Å²) in [5, 5.41) is -6.24. The van der Waals surface area contributed by atoms with Crippen LogP contribution in [0.15, 0.2) is 174 Å². The molecule has 0 unspecified atom stereocenters. The molecule has 0 spiro atoms. The van der Waals surface area contributed by atoms with Crippen LogP contribution in [0.3, 0.4) is 0 Å². The molecule has 0 aliphatic carbocycles. The number of fused-ring (bicyclic) bond motifs is 8. The Bertz CT molecular complexity index is 4330. The molecule has 47 heavy (non-hydrogen) atoms. The summed E-state index contributed by atoms with van der Waals surface area (Å²) in [5.74, 6) is 0. The van der Waals surface area contributed by atoms with Crippen molar-refractivity contribution in [1.29, 1.82) is 0 Å². The summed E-state index contributed by atoms with van der Waals surface area (Å²) in [7, 11) is 0. The van der Waals surface area contributed by atoms with Gasteiger partial charge in [-0.2, -0.15) is 0 Å². The molecule has 0 bridgehead atoms. The van der Waals surface area contributed by atoms with Gasteiger partial charge in [0.05, 0.1) is 38.4 Å². The van der Waals surface area contributed by atoms with Crippen LogP contribution in [0.4, 0.5) is 0 Å². The smallest absolute Gasteiger partial charge is 0.136 e. The Morgan fingerprint density at radius 3 is 1.49 bits per heavy atom. The Hall–Kier alpha value is -6.18. The third kappa shape index (κ3) is 4.03. The zero-order valence-electron chi connectivity index (χ0n) is 51.4. The van der Waals surface area contributed by atoms with E-state index in [9.17, 15) is 16.4 Å². The number of hydrogen-bond acceptors (Lipinski definition) is 1. The fourth-order valence-corrected chi connectivity index (χ4v) is 5.70. The van der Waals surface area contributed by atoms with Crippen molar-refractivity contribution < 1.29 is 42.8 Å². The summed E-state index contributed by atoms with van der Waals surface area (Å²) in [4.78, 5) is 0. The largest absolute Gasteiger partial charge is 0.456 e. The summed E-state index contributed by atoms with van der Waals surface area (Å²) in [6.45, 7) is 0. The normalized spacial score (nSPS) is 20.2. The molecule has 0 amide bonds. The van der Waals surface area contributed by atoms with Gasteiger partial charge >= 0.3 is 0 Å². The van der Waals surface area contributed by atoms with E-state index in [1.165, 1.54) is 0 Å². The van der Waals surface area contributed by atoms with Crippen molar-refractivity contribution in [2.45, 2.75) is 0 Å². The molecule has 0 atom stereocenters. The molecule has 0 radical (unpaired) electrons. The molecule has 1 nitrogen and oxygen atoms in total. The molecule has 0 N–H and O–H groups in total. The number of hydrogen-bond donors (Lipinski definition) is 0. The van der Waals surface area contributed by atoms with Crippen molar-refractivity contribution in [3.8, 4) is 33.4 Å². The summed E-state index contributed by atoms with van der Waals surface area (Å²) in [5.41, 5.74) is -5.65. The second-order valence-electron chi connectivity index (χ2n) is 10.3. The van der Waals surface area contributed by atoms with Gasteiger partial charge in [-0.3, -0.25) is 0 Å². The van der Waals surface area contributed by atoms with Crippen molar-refractivity contribution in [3.63, 3.8) is 0 Å². The Morgan fingerprint density at radius 1 is 0.319 bits per heavy atom. The third-order valence-electron chi connectivity index (χ3n) is 7.70. The quantitative estimate of drug-likeness (QED) is 0.178. The van der Waals surface area contributed by atoms with E-state index in [0.29, 0.717) is 0 Å². The number of rotatable bonds is 3. The van der Waals surface area contributed by atoms with Crippen molar-refractivity contribution in [3.05, 3.63) is 169 Å². The molecule has 1 heteroatoms. The molecule has 0 fully saturated rings. The van der Waals surface area contributed by atoms with Gasteiger partial charge < -0.3 is 4.42 Å². The Balaban J connectivity index is 1.47. The Labute approximate surface area is 311 Å². The fourth-order valence-electron chi connectivity index (χ4n) is 5.70. The van der Waals surface area contributed by atoms with Gasteiger partial charge in [0, 0.05) is 10.8 Å². The summed E-state index contributed by atoms with van der Waals surface area (Å²) < 4.78 is 258. The highest BCUT2D eigenvalue weighted by Crippen LogP contribution is 2.45. The van der Waals surface area contributed by atoms with Crippen LogP contribution in [0.5, 0.6) is 0 Å². The molecule has 10 aromatic rings. The molecule has 218 valence electrons. The molecule has 1 heterocycles. The summed E-state index contributed by atoms with van der Waals surface area (Å²) >= 11 is 0. The van der Waals surface area contributed by atoms with Crippen molar-refractivity contribution in [1.82, 2.24) is 0 Å². The Morgan fingerprint density at radius 2 is 0.809 bits per heavy atom. The van der Waals surface area contributed by atoms with E-state index >= 15 is 0 Å². The van der Waals surface area contributed by atoms with Gasteiger partial charge in [0.1, 0.15) is 11.2 Å². The van der Waals surface area contributed by atoms with Crippen molar-refractivity contribution in [2.24, 2.45) is 0 Å². The first-order chi connectivity index (χ1) is 35.0. The van der Waals surface area contributed by atoms with E-state index in [2.05, 4.69) is 0 Å². The first-order valence-electron chi connectivity index (χ1n) is 27.9. The first kappa shape index (κ1) is 10.7. The molecule has 9 aromatic carbocycles. The standard InChI is InChI=1S/C46H28O/c1-2-10-29(11-3-1)31-18-19-33-27-34(21-20-32(33)26-31)44-37-14-6-8-16-39(37)45(40-17-9-7-15-38(40)44)35-23-24-42-41(28-35)46-36-13-5-4-12-30(36)22-25-43(46)47-42/h1-28H/i1D,2D,3D,4D,5D,6D,7D,8D,9D,10D,11D,12D,13D,14D,15D,16D,17D,18D,19D,20D,21D,22D,23D,24D,25D,26D,27D,28D. The van der Waals surface area contributed by atoms with Crippen LogP contribution >= 0.6 is 0 Å². The first-order valence-corrected chi connectivity index (χ1v) is 13.9. The van der Waals surface area contributed by atoms with Crippen LogP contribution in [0, 0.1) is 0 Å². The predicted molar refractivity (Wildman–Crippen MR) is 200 cm³/mol.